The summed E-state index contributed by atoms with van der Waals surface area (Å²) in [5, 5.41) is 3.14. The molecule has 0 spiro atoms. The summed E-state index contributed by atoms with van der Waals surface area (Å²) in [5.41, 5.74) is 1.97. The maximum absolute atomic E-state index is 13.5. The van der Waals surface area contributed by atoms with Gasteiger partial charge in [-0.05, 0) is 56.3 Å². The fourth-order valence-electron chi connectivity index (χ4n) is 4.15. The number of benzene rings is 2. The van der Waals surface area contributed by atoms with Gasteiger partial charge in [0.25, 0.3) is 5.91 Å². The van der Waals surface area contributed by atoms with E-state index in [1.165, 1.54) is 12.1 Å². The summed E-state index contributed by atoms with van der Waals surface area (Å²) >= 11 is 0. The molecule has 3 heterocycles. The van der Waals surface area contributed by atoms with Crippen LogP contribution in [0.5, 0.6) is 11.5 Å². The van der Waals surface area contributed by atoms with Crippen LogP contribution in [0.2, 0.25) is 0 Å². The third-order valence-electron chi connectivity index (χ3n) is 5.79. The number of amides is 1. The van der Waals surface area contributed by atoms with Gasteiger partial charge in [-0.2, -0.15) is 0 Å². The highest BCUT2D eigenvalue weighted by Gasteiger charge is 2.30. The number of ether oxygens (including phenoxy) is 2. The number of likely N-dealkylation sites (tertiary alicyclic amines) is 1. The summed E-state index contributed by atoms with van der Waals surface area (Å²) in [6, 6.07) is 9.82. The Morgan fingerprint density at radius 2 is 2.03 bits per heavy atom. The molecule has 5 rings (SSSR count). The predicted molar refractivity (Wildman–Crippen MR) is 109 cm³/mol. The van der Waals surface area contributed by atoms with Crippen LogP contribution >= 0.6 is 0 Å². The van der Waals surface area contributed by atoms with Gasteiger partial charge in [-0.25, -0.2) is 9.37 Å². The zero-order valence-electron chi connectivity index (χ0n) is 16.7. The van der Waals surface area contributed by atoms with Crippen molar-refractivity contribution >= 4 is 16.9 Å². The molecule has 0 bridgehead atoms. The molecule has 0 unspecified atom stereocenters. The topological polar surface area (TPSA) is 79.5 Å². The number of fused-ring (bicyclic) bond motifs is 2. The van der Waals surface area contributed by atoms with E-state index < -0.39 is 0 Å². The molecule has 156 valence electrons. The third-order valence-corrected chi connectivity index (χ3v) is 5.79. The average Bonchev–Trinajstić information content (AvgIpc) is 3.17. The molecule has 2 N–H and O–H groups in total. The van der Waals surface area contributed by atoms with E-state index in [9.17, 15) is 9.18 Å². The largest absolute Gasteiger partial charge is 0.486 e. The Bertz CT molecular complexity index is 1100. The van der Waals surface area contributed by atoms with E-state index in [4.69, 9.17) is 9.47 Å². The summed E-state index contributed by atoms with van der Waals surface area (Å²) in [7, 11) is 2.04. The first-order valence-electron chi connectivity index (χ1n) is 10.1. The Hall–Kier alpha value is -3.13. The number of rotatable bonds is 3. The molecule has 1 aromatic heterocycles. The van der Waals surface area contributed by atoms with E-state index in [0.717, 1.165) is 30.7 Å². The van der Waals surface area contributed by atoms with Crippen LogP contribution in [0.3, 0.4) is 0 Å². The van der Waals surface area contributed by atoms with Crippen molar-refractivity contribution in [3.05, 3.63) is 53.6 Å². The molecule has 0 radical (unpaired) electrons. The summed E-state index contributed by atoms with van der Waals surface area (Å²) in [5.74, 6) is 1.63. The number of carbonyl (C=O) groups excluding carboxylic acids is 1. The number of hydrogen-bond donors (Lipinski definition) is 2. The molecular formula is C22H23FN4O3. The Balaban J connectivity index is 1.31. The Morgan fingerprint density at radius 3 is 2.90 bits per heavy atom. The van der Waals surface area contributed by atoms with Gasteiger partial charge in [-0.1, -0.05) is 0 Å². The zero-order chi connectivity index (χ0) is 20.7. The lowest BCUT2D eigenvalue weighted by atomic mass is 9.96. The van der Waals surface area contributed by atoms with Crippen molar-refractivity contribution in [1.82, 2.24) is 20.2 Å². The number of hydrogen-bond acceptors (Lipinski definition) is 5. The molecule has 8 heteroatoms. The van der Waals surface area contributed by atoms with E-state index in [2.05, 4.69) is 20.2 Å². The van der Waals surface area contributed by atoms with Crippen molar-refractivity contribution in [3.8, 4) is 11.5 Å². The zero-order valence-corrected chi connectivity index (χ0v) is 16.7. The van der Waals surface area contributed by atoms with E-state index >= 15 is 0 Å². The SMILES string of the molecule is CN1CC[C@@H](NC(=O)c2ccc3c(c2)OCCO3)C[C@@H]1c1nc2ccc(F)cc2[nH]1. The fourth-order valence-corrected chi connectivity index (χ4v) is 4.15. The molecule has 1 saturated heterocycles. The first-order chi connectivity index (χ1) is 14.6. The first-order valence-corrected chi connectivity index (χ1v) is 10.1. The average molecular weight is 410 g/mol. The number of imidazole rings is 1. The lowest BCUT2D eigenvalue weighted by molar-refractivity contribution is 0.0883. The number of carbonyl (C=O) groups is 1. The molecule has 3 aromatic rings. The van der Waals surface area contributed by atoms with Gasteiger partial charge in [-0.15, -0.1) is 0 Å². The van der Waals surface area contributed by atoms with Gasteiger partial charge in [0.15, 0.2) is 11.5 Å². The standard InChI is InChI=1S/C22H23FN4O3/c1-27-7-6-15(12-18(27)21-25-16-4-3-14(23)11-17(16)26-21)24-22(28)13-2-5-19-20(10-13)30-9-8-29-19/h2-5,10-11,15,18H,6-9,12H2,1H3,(H,24,28)(H,25,26)/t15-,18-/m1/s1. The van der Waals surface area contributed by atoms with Crippen LogP contribution in [-0.2, 0) is 0 Å². The molecule has 2 aliphatic rings. The monoisotopic (exact) mass is 410 g/mol. The molecule has 2 aliphatic heterocycles. The second kappa shape index (κ2) is 7.60. The van der Waals surface area contributed by atoms with Crippen LogP contribution in [-0.4, -0.2) is 53.6 Å². The van der Waals surface area contributed by atoms with Gasteiger partial charge in [0.05, 0.1) is 17.1 Å². The molecule has 2 atom stereocenters. The second-order valence-corrected chi connectivity index (χ2v) is 7.83. The minimum atomic E-state index is -0.292. The molecular weight excluding hydrogens is 387 g/mol. The fraction of sp³-hybridized carbons (Fsp3) is 0.364. The Labute approximate surface area is 173 Å². The summed E-state index contributed by atoms with van der Waals surface area (Å²) in [4.78, 5) is 22.9. The summed E-state index contributed by atoms with van der Waals surface area (Å²) < 4.78 is 24.6. The van der Waals surface area contributed by atoms with Crippen molar-refractivity contribution in [2.24, 2.45) is 0 Å². The van der Waals surface area contributed by atoms with Crippen molar-refractivity contribution in [2.45, 2.75) is 24.9 Å². The van der Waals surface area contributed by atoms with Crippen molar-refractivity contribution in [2.75, 3.05) is 26.8 Å². The van der Waals surface area contributed by atoms with Crippen LogP contribution < -0.4 is 14.8 Å². The lowest BCUT2D eigenvalue weighted by Crippen LogP contribution is -2.45. The first kappa shape index (κ1) is 18.9. The molecule has 1 fully saturated rings. The molecule has 7 nitrogen and oxygen atoms in total. The van der Waals surface area contributed by atoms with E-state index in [-0.39, 0.29) is 23.8 Å². The van der Waals surface area contributed by atoms with Crippen LogP contribution in [0.1, 0.15) is 35.1 Å². The van der Waals surface area contributed by atoms with Gasteiger partial charge in [-0.3, -0.25) is 9.69 Å². The number of nitrogens with zero attached hydrogens (tertiary/aromatic N) is 2. The molecule has 2 aromatic carbocycles. The quantitative estimate of drug-likeness (QED) is 0.694. The van der Waals surface area contributed by atoms with Crippen LogP contribution in [0.15, 0.2) is 36.4 Å². The maximum Gasteiger partial charge on any atom is 0.251 e. The van der Waals surface area contributed by atoms with Gasteiger partial charge in [0.2, 0.25) is 0 Å². The molecule has 0 saturated carbocycles. The van der Waals surface area contributed by atoms with Crippen LogP contribution in [0, 0.1) is 5.82 Å². The van der Waals surface area contributed by atoms with Gasteiger partial charge in [0, 0.05) is 18.2 Å². The Kier molecular flexibility index (Phi) is 4.78. The number of aromatic nitrogens is 2. The highest BCUT2D eigenvalue weighted by molar-refractivity contribution is 5.95. The van der Waals surface area contributed by atoms with Crippen LogP contribution in [0.25, 0.3) is 11.0 Å². The van der Waals surface area contributed by atoms with Crippen molar-refractivity contribution in [1.29, 1.82) is 0 Å². The van der Waals surface area contributed by atoms with E-state index in [1.54, 1.807) is 24.3 Å². The van der Waals surface area contributed by atoms with Crippen molar-refractivity contribution < 1.29 is 18.7 Å². The van der Waals surface area contributed by atoms with Gasteiger partial charge < -0.3 is 19.8 Å². The second-order valence-electron chi connectivity index (χ2n) is 7.83. The highest BCUT2D eigenvalue weighted by atomic mass is 19.1. The maximum atomic E-state index is 13.5. The normalized spacial score (nSPS) is 21.5. The molecule has 1 amide bonds. The van der Waals surface area contributed by atoms with Crippen molar-refractivity contribution in [3.63, 3.8) is 0 Å². The number of H-pyrrole nitrogens is 1. The number of aromatic amines is 1. The molecule has 30 heavy (non-hydrogen) atoms. The third kappa shape index (κ3) is 3.59. The van der Waals surface area contributed by atoms with E-state index in [1.807, 2.05) is 7.05 Å². The molecule has 0 aliphatic carbocycles. The van der Waals surface area contributed by atoms with Crippen LogP contribution in [0.4, 0.5) is 4.39 Å². The number of halogens is 1. The predicted octanol–water partition coefficient (Wildman–Crippen LogP) is 3.04. The highest BCUT2D eigenvalue weighted by Crippen LogP contribution is 2.32. The lowest BCUT2D eigenvalue weighted by Gasteiger charge is -2.36. The number of piperidine rings is 1. The minimum absolute atomic E-state index is 0.0110. The summed E-state index contributed by atoms with van der Waals surface area (Å²) in [6.07, 6.45) is 1.56. The Morgan fingerprint density at radius 1 is 1.20 bits per heavy atom. The number of nitrogens with one attached hydrogen (secondary N) is 2. The van der Waals surface area contributed by atoms with E-state index in [0.29, 0.717) is 35.8 Å². The van der Waals surface area contributed by atoms with Gasteiger partial charge in [0.1, 0.15) is 24.9 Å². The van der Waals surface area contributed by atoms with Gasteiger partial charge >= 0.3 is 0 Å². The summed E-state index contributed by atoms with van der Waals surface area (Å²) in [6.45, 7) is 1.82. The minimum Gasteiger partial charge on any atom is -0.486 e. The smallest absolute Gasteiger partial charge is 0.251 e.